The first-order valence-electron chi connectivity index (χ1n) is 5.84. The molecule has 1 aliphatic carbocycles. The van der Waals surface area contributed by atoms with Crippen molar-refractivity contribution in [2.75, 3.05) is 0 Å². The molecular formula is C12H23ClN2O2Pt. The average molecular weight is 458 g/mol. The monoisotopic (exact) mass is 457 g/mol. The second-order valence-electron chi connectivity index (χ2n) is 5.61. The van der Waals surface area contributed by atoms with E-state index < -0.39 is 5.97 Å². The third kappa shape index (κ3) is 14.4. The molecule has 0 aromatic carbocycles. The molecule has 1 rings (SSSR count). The van der Waals surface area contributed by atoms with Crippen LogP contribution in [0, 0.1) is 5.41 Å². The summed E-state index contributed by atoms with van der Waals surface area (Å²) in [5.41, 5.74) is 14.4. The molecule has 0 heterocycles. The predicted molar refractivity (Wildman–Crippen MR) is 63.8 cm³/mol. The quantitative estimate of drug-likeness (QED) is 0.535. The van der Waals surface area contributed by atoms with Crippen LogP contribution in [0.3, 0.4) is 0 Å². The van der Waals surface area contributed by atoms with Crippen LogP contribution in [0.2, 0.25) is 0 Å². The number of aliphatic carboxylic acids is 1. The first-order valence-corrected chi connectivity index (χ1v) is 5.84. The van der Waals surface area contributed by atoms with E-state index in [1.54, 1.807) is 0 Å². The summed E-state index contributed by atoms with van der Waals surface area (Å²) in [7, 11) is 0. The Morgan fingerprint density at radius 1 is 1.17 bits per heavy atom. The molecule has 110 valence electrons. The van der Waals surface area contributed by atoms with E-state index in [-0.39, 0.29) is 57.4 Å². The Morgan fingerprint density at radius 2 is 1.50 bits per heavy atom. The fraction of sp³-hybridized carbons (Fsp3) is 0.917. The Hall–Kier alpha value is 0.368. The summed E-state index contributed by atoms with van der Waals surface area (Å²) in [5.74, 6) is -0.975. The van der Waals surface area contributed by atoms with Crippen molar-refractivity contribution in [3.8, 4) is 0 Å². The maximum atomic E-state index is 9.90. The molecule has 0 bridgehead atoms. The molecule has 6 heteroatoms. The topological polar surface area (TPSA) is 87.7 Å². The van der Waals surface area contributed by atoms with Gasteiger partial charge in [-0.3, -0.25) is 0 Å². The third-order valence-corrected chi connectivity index (χ3v) is 2.44. The number of rotatable bonds is 1. The van der Waals surface area contributed by atoms with Crippen LogP contribution >= 0.6 is 0 Å². The van der Waals surface area contributed by atoms with E-state index >= 15 is 0 Å². The molecule has 0 saturated heterocycles. The number of carbonyl (C=O) groups excluding carboxylic acids is 1. The molecule has 2 atom stereocenters. The van der Waals surface area contributed by atoms with Gasteiger partial charge in [0.25, 0.3) is 0 Å². The van der Waals surface area contributed by atoms with Crippen LogP contribution in [0.15, 0.2) is 0 Å². The Bertz CT molecular complexity index is 213. The molecule has 4 nitrogen and oxygen atoms in total. The van der Waals surface area contributed by atoms with Gasteiger partial charge in [-0.2, -0.15) is 12.1 Å². The van der Waals surface area contributed by atoms with Gasteiger partial charge in [0, 0.05) is 5.97 Å². The van der Waals surface area contributed by atoms with Gasteiger partial charge in [-0.15, -0.1) is 0 Å². The van der Waals surface area contributed by atoms with Crippen LogP contribution in [0.1, 0.15) is 52.9 Å². The summed E-state index contributed by atoms with van der Waals surface area (Å²) < 4.78 is 0. The largest absolute Gasteiger partial charge is 4.00 e. The van der Waals surface area contributed by atoms with Crippen LogP contribution in [0.5, 0.6) is 0 Å². The molecule has 0 radical (unpaired) electrons. The minimum absolute atomic E-state index is 0. The molecule has 1 aliphatic rings. The molecule has 18 heavy (non-hydrogen) atoms. The van der Waals surface area contributed by atoms with E-state index in [0.29, 0.717) is 0 Å². The normalized spacial score (nSPS) is 22.7. The molecule has 0 aromatic rings. The van der Waals surface area contributed by atoms with Crippen molar-refractivity contribution in [2.45, 2.75) is 65.0 Å². The summed E-state index contributed by atoms with van der Waals surface area (Å²) in [4.78, 5) is 9.90. The van der Waals surface area contributed by atoms with Crippen LogP contribution < -0.4 is 17.5 Å². The van der Waals surface area contributed by atoms with E-state index in [1.165, 1.54) is 12.8 Å². The van der Waals surface area contributed by atoms with Gasteiger partial charge < -0.3 is 33.8 Å². The Balaban J connectivity index is -0.000000225. The molecule has 2 N–H and O–H groups in total. The molecule has 1 fully saturated rings. The van der Waals surface area contributed by atoms with Crippen molar-refractivity contribution in [1.29, 1.82) is 0 Å². The van der Waals surface area contributed by atoms with E-state index in [0.717, 1.165) is 12.8 Å². The summed E-state index contributed by atoms with van der Waals surface area (Å²) in [5, 5.41) is 9.90. The van der Waals surface area contributed by atoms with E-state index in [2.05, 4.69) is 0 Å². The first kappa shape index (κ1) is 23.5. The molecule has 0 unspecified atom stereocenters. The minimum atomic E-state index is -0.975. The van der Waals surface area contributed by atoms with Gasteiger partial charge in [-0.1, -0.05) is 46.5 Å². The van der Waals surface area contributed by atoms with Gasteiger partial charge in [0.2, 0.25) is 0 Å². The van der Waals surface area contributed by atoms with Gasteiger partial charge in [0.05, 0.1) is 0 Å². The third-order valence-electron chi connectivity index (χ3n) is 2.44. The smallest absolute Gasteiger partial charge is 1.00 e. The molecule has 0 aliphatic heterocycles. The first-order chi connectivity index (χ1) is 7.22. The number of nitrogens with one attached hydrogen (secondary N) is 2. The summed E-state index contributed by atoms with van der Waals surface area (Å²) in [6.45, 7) is 5.59. The molecule has 0 spiro atoms. The number of carboxylic acid groups (broad SMARTS) is 1. The van der Waals surface area contributed by atoms with Crippen LogP contribution in [-0.4, -0.2) is 18.1 Å². The maximum Gasteiger partial charge on any atom is 4.00 e. The number of carboxylic acids is 1. The van der Waals surface area contributed by atoms with E-state index in [1.807, 2.05) is 20.8 Å². The molecule has 0 aromatic heterocycles. The van der Waals surface area contributed by atoms with Crippen molar-refractivity contribution in [3.63, 3.8) is 0 Å². The number of carbonyl (C=O) groups is 1. The van der Waals surface area contributed by atoms with Gasteiger partial charge >= 0.3 is 21.1 Å². The van der Waals surface area contributed by atoms with Crippen molar-refractivity contribution >= 4 is 5.97 Å². The van der Waals surface area contributed by atoms with Gasteiger partial charge in [-0.25, -0.2) is 0 Å². The predicted octanol–water partition coefficient (Wildman–Crippen LogP) is -0.424. The zero-order valence-electron chi connectivity index (χ0n) is 11.2. The molecular weight excluding hydrogens is 435 g/mol. The van der Waals surface area contributed by atoms with Crippen molar-refractivity contribution < 1.29 is 43.4 Å². The second kappa shape index (κ2) is 11.2. The fourth-order valence-corrected chi connectivity index (χ4v) is 1.56. The van der Waals surface area contributed by atoms with E-state index in [4.69, 9.17) is 11.5 Å². The SMILES string of the molecule is CC(C)(C)CC(=O)[O-].[Cl-].[NH-][C@@H]1CCCC[C@H]1[NH-].[Pt+4]. The van der Waals surface area contributed by atoms with Gasteiger partial charge in [0.15, 0.2) is 0 Å². The molecule has 0 amide bonds. The van der Waals surface area contributed by atoms with Crippen molar-refractivity contribution in [3.05, 3.63) is 11.5 Å². The number of hydrogen-bond acceptors (Lipinski definition) is 2. The van der Waals surface area contributed by atoms with Crippen LogP contribution in [-0.2, 0) is 25.9 Å². The maximum absolute atomic E-state index is 9.90. The average Bonchev–Trinajstić information content (AvgIpc) is 2.06. The fourth-order valence-electron chi connectivity index (χ4n) is 1.56. The summed E-state index contributed by atoms with van der Waals surface area (Å²) in [6, 6.07) is -0.160. The van der Waals surface area contributed by atoms with Gasteiger partial charge in [-0.05, 0) is 11.8 Å². The second-order valence-corrected chi connectivity index (χ2v) is 5.61. The summed E-state index contributed by atoms with van der Waals surface area (Å²) in [6.07, 6.45) is 4.38. The van der Waals surface area contributed by atoms with Crippen molar-refractivity contribution in [1.82, 2.24) is 0 Å². The van der Waals surface area contributed by atoms with Crippen LogP contribution in [0.25, 0.3) is 11.5 Å². The van der Waals surface area contributed by atoms with Crippen LogP contribution in [0.4, 0.5) is 0 Å². The zero-order valence-corrected chi connectivity index (χ0v) is 14.2. The van der Waals surface area contributed by atoms with E-state index in [9.17, 15) is 9.90 Å². The van der Waals surface area contributed by atoms with Crippen molar-refractivity contribution in [2.24, 2.45) is 5.41 Å². The Morgan fingerprint density at radius 3 is 1.61 bits per heavy atom. The van der Waals surface area contributed by atoms with Gasteiger partial charge in [0.1, 0.15) is 0 Å². The standard InChI is InChI=1S/C6H12N2.C6H12O2.ClH.Pt/c7-5-3-1-2-4-6(5)8;1-6(2,3)4-5(7)8;;/h5-8H,1-4H2;4H2,1-3H3,(H,7,8);1H;/q-2;;;+4/p-2/t5-,6-;;;/m1.../s1. The summed E-state index contributed by atoms with van der Waals surface area (Å²) >= 11 is 0. The Kier molecular flexibility index (Phi) is 14.6. The minimum Gasteiger partial charge on any atom is -1.00 e. The number of halogens is 1. The Labute approximate surface area is 131 Å². The zero-order chi connectivity index (χ0) is 12.8. The number of hydrogen-bond donors (Lipinski definition) is 0. The molecule has 1 saturated carbocycles.